The molecule has 1 aromatic carbocycles. The Morgan fingerprint density at radius 1 is 1.11 bits per heavy atom. The van der Waals surface area contributed by atoms with Gasteiger partial charge < -0.3 is 9.72 Å². The highest BCUT2D eigenvalue weighted by Gasteiger charge is 2.42. The summed E-state index contributed by atoms with van der Waals surface area (Å²) in [6.07, 6.45) is 9.77. The normalized spacial score (nSPS) is 19.6. The number of rotatable bonds is 7. The molecule has 8 heteroatoms. The summed E-state index contributed by atoms with van der Waals surface area (Å²) in [5.74, 6) is 1.55. The van der Waals surface area contributed by atoms with Gasteiger partial charge in [0, 0.05) is 23.0 Å². The quantitative estimate of drug-likeness (QED) is 0.488. The van der Waals surface area contributed by atoms with Crippen LogP contribution >= 0.6 is 0 Å². The fraction of sp³-hybridized carbons (Fsp3) is 0.643. The number of H-pyrrole nitrogens is 1. The summed E-state index contributed by atoms with van der Waals surface area (Å²) in [5, 5.41) is 14.1. The van der Waals surface area contributed by atoms with E-state index in [1.165, 1.54) is 38.5 Å². The second kappa shape index (κ2) is 9.96. The van der Waals surface area contributed by atoms with Gasteiger partial charge in [0.1, 0.15) is 11.8 Å². The van der Waals surface area contributed by atoms with Crippen molar-refractivity contribution in [2.45, 2.75) is 90.6 Å². The molecular formula is C28H40N6O2. The zero-order valence-corrected chi connectivity index (χ0v) is 22.2. The van der Waals surface area contributed by atoms with Gasteiger partial charge in [-0.3, -0.25) is 9.69 Å². The Balaban J connectivity index is 1.65. The van der Waals surface area contributed by atoms with Gasteiger partial charge >= 0.3 is 0 Å². The number of nitrogens with one attached hydrogen (secondary N) is 1. The van der Waals surface area contributed by atoms with Crippen molar-refractivity contribution in [2.24, 2.45) is 5.41 Å². The summed E-state index contributed by atoms with van der Waals surface area (Å²) >= 11 is 0. The first kappa shape index (κ1) is 24.9. The minimum Gasteiger partial charge on any atom is -0.494 e. The number of hydrogen-bond acceptors (Lipinski definition) is 6. The van der Waals surface area contributed by atoms with Crippen molar-refractivity contribution < 1.29 is 4.74 Å². The standard InChI is InChI=1S/C28H40N6O2/c1-5-27(3,4)34-25(30-31-32-34)24(33-16-10-15-28(19-33)13-8-7-9-14-28)22-18-20-17-21(36-6-2)11-12-23(20)29-26(22)35/h11-12,17-18,24H,5-10,13-16,19H2,1-4H3,(H,29,35)/t24-/m0/s1. The molecule has 1 saturated heterocycles. The van der Waals surface area contributed by atoms with Crippen molar-refractivity contribution in [1.82, 2.24) is 30.1 Å². The molecular weight excluding hydrogens is 452 g/mol. The summed E-state index contributed by atoms with van der Waals surface area (Å²) in [6, 6.07) is 7.55. The number of ether oxygens (including phenoxy) is 1. The second-order valence-corrected chi connectivity index (χ2v) is 11.4. The Hall–Kier alpha value is -2.74. The van der Waals surface area contributed by atoms with Crippen LogP contribution in [0.15, 0.2) is 29.1 Å². The van der Waals surface area contributed by atoms with Crippen LogP contribution in [0.5, 0.6) is 5.75 Å². The SMILES string of the molecule is CCOc1ccc2[nH]c(=O)c([C@@H](c3nnnn3C(C)(C)CC)N3CCCC4(CCCCC4)C3)cc2c1. The molecule has 1 N–H and O–H groups in total. The van der Waals surface area contributed by atoms with Crippen molar-refractivity contribution in [2.75, 3.05) is 19.7 Å². The molecule has 3 aromatic rings. The Labute approximate surface area is 213 Å². The van der Waals surface area contributed by atoms with Gasteiger partial charge in [-0.2, -0.15) is 0 Å². The molecule has 2 aliphatic rings. The van der Waals surface area contributed by atoms with Crippen molar-refractivity contribution in [3.8, 4) is 5.75 Å². The highest BCUT2D eigenvalue weighted by molar-refractivity contribution is 5.80. The molecule has 0 bridgehead atoms. The molecule has 0 radical (unpaired) electrons. The summed E-state index contributed by atoms with van der Waals surface area (Å²) < 4.78 is 7.69. The molecule has 0 amide bonds. The summed E-state index contributed by atoms with van der Waals surface area (Å²) in [4.78, 5) is 19.3. The van der Waals surface area contributed by atoms with E-state index in [-0.39, 0.29) is 17.1 Å². The maximum absolute atomic E-state index is 13.6. The number of aromatic nitrogens is 5. The molecule has 1 saturated carbocycles. The van der Waals surface area contributed by atoms with E-state index in [1.807, 2.05) is 35.9 Å². The average molecular weight is 493 g/mol. The molecule has 2 aromatic heterocycles. The zero-order valence-electron chi connectivity index (χ0n) is 22.2. The molecule has 2 fully saturated rings. The summed E-state index contributed by atoms with van der Waals surface area (Å²) in [5.41, 5.74) is 1.50. The number of likely N-dealkylation sites (tertiary alicyclic amines) is 1. The number of hydrogen-bond donors (Lipinski definition) is 1. The Bertz CT molecular complexity index is 1250. The molecule has 1 atom stereocenters. The predicted octanol–water partition coefficient (Wildman–Crippen LogP) is 5.19. The van der Waals surface area contributed by atoms with Gasteiger partial charge in [-0.1, -0.05) is 26.2 Å². The molecule has 36 heavy (non-hydrogen) atoms. The third-order valence-electron chi connectivity index (χ3n) is 8.60. The fourth-order valence-corrected chi connectivity index (χ4v) is 6.28. The van der Waals surface area contributed by atoms with Gasteiger partial charge in [0.2, 0.25) is 0 Å². The first-order valence-corrected chi connectivity index (χ1v) is 13.7. The number of pyridine rings is 1. The summed E-state index contributed by atoms with van der Waals surface area (Å²) in [7, 11) is 0. The highest BCUT2D eigenvalue weighted by atomic mass is 16.5. The van der Waals surface area contributed by atoms with Crippen LogP contribution < -0.4 is 10.3 Å². The lowest BCUT2D eigenvalue weighted by Crippen LogP contribution is -2.48. The van der Waals surface area contributed by atoms with Crippen LogP contribution in [0.1, 0.15) is 96.5 Å². The van der Waals surface area contributed by atoms with Crippen molar-refractivity contribution in [1.29, 1.82) is 0 Å². The van der Waals surface area contributed by atoms with Crippen LogP contribution in [0.3, 0.4) is 0 Å². The number of nitrogens with zero attached hydrogens (tertiary/aromatic N) is 5. The van der Waals surface area contributed by atoms with Crippen LogP contribution in [-0.2, 0) is 5.54 Å². The van der Waals surface area contributed by atoms with Gasteiger partial charge in [-0.25, -0.2) is 4.68 Å². The Kier molecular flexibility index (Phi) is 6.90. The smallest absolute Gasteiger partial charge is 0.253 e. The Morgan fingerprint density at radius 2 is 1.89 bits per heavy atom. The molecule has 1 aliphatic heterocycles. The van der Waals surface area contributed by atoms with Crippen LogP contribution in [0.2, 0.25) is 0 Å². The first-order chi connectivity index (χ1) is 17.4. The number of fused-ring (bicyclic) bond motifs is 1. The van der Waals surface area contributed by atoms with Crippen molar-refractivity contribution >= 4 is 10.9 Å². The average Bonchev–Trinajstić information content (AvgIpc) is 3.36. The maximum Gasteiger partial charge on any atom is 0.253 e. The highest BCUT2D eigenvalue weighted by Crippen LogP contribution is 2.45. The van der Waals surface area contributed by atoms with E-state index in [9.17, 15) is 4.79 Å². The van der Waals surface area contributed by atoms with Gasteiger partial charge in [0.25, 0.3) is 5.56 Å². The molecule has 1 aliphatic carbocycles. The minimum atomic E-state index is -0.311. The van der Waals surface area contributed by atoms with E-state index < -0.39 is 0 Å². The Morgan fingerprint density at radius 3 is 2.64 bits per heavy atom. The molecule has 194 valence electrons. The lowest BCUT2D eigenvalue weighted by Gasteiger charge is -2.47. The topological polar surface area (TPSA) is 88.9 Å². The fourth-order valence-electron chi connectivity index (χ4n) is 6.28. The van der Waals surface area contributed by atoms with E-state index >= 15 is 0 Å². The lowest BCUT2D eigenvalue weighted by atomic mass is 9.69. The monoisotopic (exact) mass is 492 g/mol. The number of tetrazole rings is 1. The maximum atomic E-state index is 13.6. The van der Waals surface area contributed by atoms with Gasteiger partial charge in [-0.15, -0.1) is 5.10 Å². The number of aromatic amines is 1. The molecule has 8 nitrogen and oxygen atoms in total. The van der Waals surface area contributed by atoms with Crippen molar-refractivity contribution in [3.05, 3.63) is 46.0 Å². The van der Waals surface area contributed by atoms with Gasteiger partial charge in [-0.05, 0) is 99.5 Å². The molecule has 1 spiro atoms. The van der Waals surface area contributed by atoms with Crippen LogP contribution in [0.25, 0.3) is 10.9 Å². The van der Waals surface area contributed by atoms with Crippen LogP contribution in [0, 0.1) is 5.41 Å². The van der Waals surface area contributed by atoms with Crippen LogP contribution in [0.4, 0.5) is 0 Å². The van der Waals surface area contributed by atoms with Crippen molar-refractivity contribution in [3.63, 3.8) is 0 Å². The third-order valence-corrected chi connectivity index (χ3v) is 8.60. The molecule has 5 rings (SSSR count). The minimum absolute atomic E-state index is 0.0798. The van der Waals surface area contributed by atoms with Gasteiger partial charge in [0.15, 0.2) is 5.82 Å². The van der Waals surface area contributed by atoms with E-state index in [2.05, 4.69) is 46.2 Å². The third kappa shape index (κ3) is 4.67. The zero-order chi connectivity index (χ0) is 25.3. The summed E-state index contributed by atoms with van der Waals surface area (Å²) in [6.45, 7) is 10.9. The van der Waals surface area contributed by atoms with E-state index in [4.69, 9.17) is 4.74 Å². The largest absolute Gasteiger partial charge is 0.494 e. The van der Waals surface area contributed by atoms with E-state index in [0.29, 0.717) is 17.6 Å². The number of piperidine rings is 1. The van der Waals surface area contributed by atoms with Crippen LogP contribution in [-0.4, -0.2) is 49.8 Å². The lowest BCUT2D eigenvalue weighted by molar-refractivity contribution is 0.0326. The van der Waals surface area contributed by atoms with Gasteiger partial charge in [0.05, 0.1) is 12.1 Å². The first-order valence-electron chi connectivity index (χ1n) is 13.7. The van der Waals surface area contributed by atoms with E-state index in [1.54, 1.807) is 0 Å². The second-order valence-electron chi connectivity index (χ2n) is 11.4. The molecule has 3 heterocycles. The number of benzene rings is 1. The molecule has 0 unspecified atom stereocenters. The predicted molar refractivity (Wildman–Crippen MR) is 141 cm³/mol. The van der Waals surface area contributed by atoms with E-state index in [0.717, 1.165) is 48.4 Å².